The molecule has 1 aromatic rings. The van der Waals surface area contributed by atoms with Gasteiger partial charge in [0.2, 0.25) is 5.91 Å². The van der Waals surface area contributed by atoms with Gasteiger partial charge in [-0.3, -0.25) is 4.79 Å². The van der Waals surface area contributed by atoms with Crippen LogP contribution >= 0.6 is 11.8 Å². The Morgan fingerprint density at radius 3 is 2.50 bits per heavy atom. The smallest absolute Gasteiger partial charge is 0.288 e. The molecule has 1 N–H and O–H groups in total. The third-order valence-corrected chi connectivity index (χ3v) is 5.14. The summed E-state index contributed by atoms with van der Waals surface area (Å²) in [7, 11) is 0. The fourth-order valence-corrected chi connectivity index (χ4v) is 4.02. The zero-order chi connectivity index (χ0) is 14.1. The van der Waals surface area contributed by atoms with Gasteiger partial charge in [0.1, 0.15) is 0 Å². The summed E-state index contributed by atoms with van der Waals surface area (Å²) >= 11 is 0.515. The van der Waals surface area contributed by atoms with Crippen molar-refractivity contribution in [2.24, 2.45) is 17.8 Å². The Balaban J connectivity index is 1.59. The summed E-state index contributed by atoms with van der Waals surface area (Å²) in [5.41, 5.74) is 0.691. The minimum Gasteiger partial charge on any atom is -0.326 e. The van der Waals surface area contributed by atoms with Crippen molar-refractivity contribution in [3.63, 3.8) is 0 Å². The number of rotatable bonds is 4. The van der Waals surface area contributed by atoms with E-state index in [4.69, 9.17) is 0 Å². The number of carbonyl (C=O) groups excluding carboxylic acids is 1. The van der Waals surface area contributed by atoms with Crippen LogP contribution in [-0.2, 0) is 4.79 Å². The summed E-state index contributed by atoms with van der Waals surface area (Å²) in [4.78, 5) is 12.7. The summed E-state index contributed by atoms with van der Waals surface area (Å²) in [5, 5.41) is 2.91. The molecule has 5 heteroatoms. The molecule has 3 rings (SSSR count). The summed E-state index contributed by atoms with van der Waals surface area (Å²) in [6.45, 7) is 0. The van der Waals surface area contributed by atoms with Crippen molar-refractivity contribution in [2.45, 2.75) is 36.3 Å². The van der Waals surface area contributed by atoms with Gasteiger partial charge in [-0.25, -0.2) is 0 Å². The van der Waals surface area contributed by atoms with Crippen LogP contribution in [0.4, 0.5) is 14.5 Å². The van der Waals surface area contributed by atoms with E-state index in [9.17, 15) is 13.6 Å². The predicted molar refractivity (Wildman–Crippen MR) is 75.9 cm³/mol. The van der Waals surface area contributed by atoms with E-state index >= 15 is 0 Å². The summed E-state index contributed by atoms with van der Waals surface area (Å²) < 4.78 is 24.4. The normalized spacial score (nSPS) is 28.1. The van der Waals surface area contributed by atoms with E-state index in [1.54, 1.807) is 24.3 Å². The lowest BCUT2D eigenvalue weighted by Gasteiger charge is -2.20. The average Bonchev–Trinajstić information content (AvgIpc) is 3.03. The van der Waals surface area contributed by atoms with Gasteiger partial charge in [-0.15, -0.1) is 0 Å². The van der Waals surface area contributed by atoms with Crippen LogP contribution in [-0.4, -0.2) is 11.7 Å². The standard InChI is InChI=1S/C15H17F2NOS/c16-15(17)20-12-5-3-11(4-6-12)18-14(19)13-8-9-1-2-10(13)7-9/h3-6,9-10,13,15H,1-2,7-8H2,(H,18,19). The quantitative estimate of drug-likeness (QED) is 0.836. The highest BCUT2D eigenvalue weighted by molar-refractivity contribution is 7.99. The number of halogens is 2. The van der Waals surface area contributed by atoms with Crippen molar-refractivity contribution in [1.29, 1.82) is 0 Å². The van der Waals surface area contributed by atoms with Gasteiger partial charge in [-0.05, 0) is 55.4 Å². The number of carbonyl (C=O) groups is 1. The molecule has 2 bridgehead atoms. The van der Waals surface area contributed by atoms with Crippen LogP contribution in [0.2, 0.25) is 0 Å². The Labute approximate surface area is 121 Å². The van der Waals surface area contributed by atoms with E-state index in [-0.39, 0.29) is 11.8 Å². The van der Waals surface area contributed by atoms with Crippen LogP contribution in [0, 0.1) is 17.8 Å². The first-order valence-electron chi connectivity index (χ1n) is 6.97. The van der Waals surface area contributed by atoms with Gasteiger partial charge in [0, 0.05) is 16.5 Å². The number of nitrogens with one attached hydrogen (secondary N) is 1. The third-order valence-electron chi connectivity index (χ3n) is 4.42. The number of hydrogen-bond acceptors (Lipinski definition) is 2. The SMILES string of the molecule is O=C(Nc1ccc(SC(F)F)cc1)C1CC2CCC1C2. The Bertz CT molecular complexity index is 491. The van der Waals surface area contributed by atoms with Crippen LogP contribution in [0.1, 0.15) is 25.7 Å². The molecule has 0 heterocycles. The first-order chi connectivity index (χ1) is 9.61. The lowest BCUT2D eigenvalue weighted by Crippen LogP contribution is -2.27. The maximum Gasteiger partial charge on any atom is 0.288 e. The lowest BCUT2D eigenvalue weighted by molar-refractivity contribution is -0.121. The first-order valence-corrected chi connectivity index (χ1v) is 7.85. The molecule has 0 aliphatic heterocycles. The van der Waals surface area contributed by atoms with Crippen LogP contribution in [0.25, 0.3) is 0 Å². The monoisotopic (exact) mass is 297 g/mol. The highest BCUT2D eigenvalue weighted by Crippen LogP contribution is 2.48. The lowest BCUT2D eigenvalue weighted by atomic mass is 9.88. The summed E-state index contributed by atoms with van der Waals surface area (Å²) in [5.74, 6) is -0.894. The van der Waals surface area contributed by atoms with E-state index in [0.717, 1.165) is 12.3 Å². The zero-order valence-corrected chi connectivity index (χ0v) is 11.8. The predicted octanol–water partition coefficient (Wildman–Crippen LogP) is 4.38. The van der Waals surface area contributed by atoms with Gasteiger partial charge < -0.3 is 5.32 Å². The molecule has 2 saturated carbocycles. The zero-order valence-electron chi connectivity index (χ0n) is 11.0. The maximum atomic E-state index is 12.2. The van der Waals surface area contributed by atoms with E-state index in [1.807, 2.05) is 0 Å². The minimum atomic E-state index is -2.41. The largest absolute Gasteiger partial charge is 0.326 e. The number of benzene rings is 1. The van der Waals surface area contributed by atoms with Crippen molar-refractivity contribution in [3.8, 4) is 0 Å². The number of fused-ring (bicyclic) bond motifs is 2. The van der Waals surface area contributed by atoms with Crippen LogP contribution < -0.4 is 5.32 Å². The van der Waals surface area contributed by atoms with Gasteiger partial charge >= 0.3 is 0 Å². The second-order valence-electron chi connectivity index (χ2n) is 5.67. The molecule has 2 aliphatic carbocycles. The summed E-state index contributed by atoms with van der Waals surface area (Å²) in [6, 6.07) is 6.62. The molecule has 0 saturated heterocycles. The number of anilines is 1. The molecule has 20 heavy (non-hydrogen) atoms. The van der Waals surface area contributed by atoms with Crippen LogP contribution in [0.15, 0.2) is 29.2 Å². The van der Waals surface area contributed by atoms with E-state index in [1.165, 1.54) is 19.3 Å². The Kier molecular flexibility index (Phi) is 3.96. The summed E-state index contributed by atoms with van der Waals surface area (Å²) in [6.07, 6.45) is 4.65. The second kappa shape index (κ2) is 5.72. The van der Waals surface area contributed by atoms with E-state index in [2.05, 4.69) is 5.32 Å². The second-order valence-corrected chi connectivity index (χ2v) is 6.74. The van der Waals surface area contributed by atoms with Gasteiger partial charge in [0.05, 0.1) is 0 Å². The molecule has 108 valence electrons. The van der Waals surface area contributed by atoms with Gasteiger partial charge in [0.15, 0.2) is 0 Å². The van der Waals surface area contributed by atoms with Crippen molar-refractivity contribution in [1.82, 2.24) is 0 Å². The number of alkyl halides is 2. The molecular formula is C15H17F2NOS. The fourth-order valence-electron chi connectivity index (χ4n) is 3.52. The molecule has 2 nitrogen and oxygen atoms in total. The molecule has 1 aromatic carbocycles. The fraction of sp³-hybridized carbons (Fsp3) is 0.533. The molecule has 3 unspecified atom stereocenters. The highest BCUT2D eigenvalue weighted by atomic mass is 32.2. The molecule has 0 aromatic heterocycles. The topological polar surface area (TPSA) is 29.1 Å². The van der Waals surface area contributed by atoms with Gasteiger partial charge in [-0.1, -0.05) is 18.2 Å². The molecule has 0 radical (unpaired) electrons. The molecule has 2 fully saturated rings. The van der Waals surface area contributed by atoms with Crippen LogP contribution in [0.5, 0.6) is 0 Å². The molecular weight excluding hydrogens is 280 g/mol. The number of amides is 1. The van der Waals surface area contributed by atoms with Crippen molar-refractivity contribution in [2.75, 3.05) is 5.32 Å². The van der Waals surface area contributed by atoms with Gasteiger partial charge in [0.25, 0.3) is 5.76 Å². The number of thioether (sulfide) groups is 1. The van der Waals surface area contributed by atoms with Gasteiger partial charge in [-0.2, -0.15) is 8.78 Å². The van der Waals surface area contributed by atoms with Crippen LogP contribution in [0.3, 0.4) is 0 Å². The average molecular weight is 297 g/mol. The Morgan fingerprint density at radius 1 is 1.20 bits per heavy atom. The van der Waals surface area contributed by atoms with E-state index < -0.39 is 5.76 Å². The van der Waals surface area contributed by atoms with Crippen molar-refractivity contribution >= 4 is 23.4 Å². The molecule has 0 spiro atoms. The molecule has 1 amide bonds. The Morgan fingerprint density at radius 2 is 1.95 bits per heavy atom. The third kappa shape index (κ3) is 2.97. The molecule has 2 aliphatic rings. The minimum absolute atomic E-state index is 0.0893. The number of hydrogen-bond donors (Lipinski definition) is 1. The van der Waals surface area contributed by atoms with Crippen molar-refractivity contribution < 1.29 is 13.6 Å². The Hall–Kier alpha value is -1.10. The first kappa shape index (κ1) is 13.9. The maximum absolute atomic E-state index is 12.2. The highest BCUT2D eigenvalue weighted by Gasteiger charge is 2.42. The van der Waals surface area contributed by atoms with E-state index in [0.29, 0.717) is 28.3 Å². The molecule has 3 atom stereocenters. The van der Waals surface area contributed by atoms with Crippen molar-refractivity contribution in [3.05, 3.63) is 24.3 Å².